The van der Waals surface area contributed by atoms with E-state index in [1.807, 2.05) is 37.4 Å². The number of nitrogens with zero attached hydrogens (tertiary/aromatic N) is 3. The number of aromatic nitrogens is 4. The van der Waals surface area contributed by atoms with Crippen LogP contribution in [-0.2, 0) is 0 Å². The smallest absolute Gasteiger partial charge is 0.270 e. The fraction of sp³-hybridized carbons (Fsp3) is 0.0714. The van der Waals surface area contributed by atoms with Gasteiger partial charge in [-0.3, -0.25) is 0 Å². The Bertz CT molecular complexity index is 889. The zero-order chi connectivity index (χ0) is 13.5. The first kappa shape index (κ1) is 11.4. The number of fused-ring (bicyclic) bond motifs is 1. The molecule has 0 aliphatic heterocycles. The van der Waals surface area contributed by atoms with Gasteiger partial charge < -0.3 is 9.51 Å². The second-order valence-electron chi connectivity index (χ2n) is 4.44. The van der Waals surface area contributed by atoms with E-state index in [1.54, 1.807) is 5.51 Å². The van der Waals surface area contributed by atoms with Crippen molar-refractivity contribution in [2.24, 2.45) is 0 Å². The molecule has 1 aromatic carbocycles. The molecule has 5 nitrogen and oxygen atoms in total. The molecule has 0 fully saturated rings. The van der Waals surface area contributed by atoms with E-state index >= 15 is 0 Å². The lowest BCUT2D eigenvalue weighted by atomic mass is 10.2. The minimum absolute atomic E-state index is 0.519. The average Bonchev–Trinajstić information content (AvgIpc) is 3.15. The Hall–Kier alpha value is -2.47. The average molecular weight is 282 g/mol. The van der Waals surface area contributed by atoms with Crippen molar-refractivity contribution in [1.29, 1.82) is 0 Å². The summed E-state index contributed by atoms with van der Waals surface area (Å²) >= 11 is 1.50. The monoisotopic (exact) mass is 282 g/mol. The number of rotatable bonds is 2. The van der Waals surface area contributed by atoms with Crippen molar-refractivity contribution in [3.8, 4) is 22.2 Å². The number of benzene rings is 1. The minimum Gasteiger partial charge on any atom is -0.360 e. The first-order valence-electron chi connectivity index (χ1n) is 6.13. The van der Waals surface area contributed by atoms with E-state index in [-0.39, 0.29) is 0 Å². The van der Waals surface area contributed by atoms with Gasteiger partial charge in [-0.2, -0.15) is 4.98 Å². The van der Waals surface area contributed by atoms with Gasteiger partial charge in [0, 0.05) is 22.7 Å². The zero-order valence-corrected chi connectivity index (χ0v) is 11.4. The van der Waals surface area contributed by atoms with Gasteiger partial charge in [0.15, 0.2) is 0 Å². The van der Waals surface area contributed by atoms with Gasteiger partial charge in [-0.15, -0.1) is 11.3 Å². The molecule has 3 aromatic heterocycles. The van der Waals surface area contributed by atoms with Gasteiger partial charge in [0.2, 0.25) is 5.82 Å². The lowest BCUT2D eigenvalue weighted by Gasteiger charge is -1.91. The molecule has 0 spiro atoms. The highest BCUT2D eigenvalue weighted by Crippen LogP contribution is 2.30. The molecule has 0 radical (unpaired) electrons. The molecule has 0 saturated carbocycles. The van der Waals surface area contributed by atoms with Crippen LogP contribution in [0.5, 0.6) is 0 Å². The zero-order valence-electron chi connectivity index (χ0n) is 10.6. The maximum absolute atomic E-state index is 5.36. The molecule has 1 N–H and O–H groups in total. The third-order valence-corrected chi connectivity index (χ3v) is 4.11. The third-order valence-electron chi connectivity index (χ3n) is 3.20. The first-order chi connectivity index (χ1) is 9.83. The van der Waals surface area contributed by atoms with E-state index in [9.17, 15) is 0 Å². The van der Waals surface area contributed by atoms with Crippen LogP contribution in [0.3, 0.4) is 0 Å². The van der Waals surface area contributed by atoms with Crippen LogP contribution in [0.25, 0.3) is 33.1 Å². The Morgan fingerprint density at radius 1 is 1.25 bits per heavy atom. The number of aromatic amines is 1. The summed E-state index contributed by atoms with van der Waals surface area (Å²) < 4.78 is 5.36. The van der Waals surface area contributed by atoms with Crippen molar-refractivity contribution < 1.29 is 4.52 Å². The van der Waals surface area contributed by atoms with E-state index in [1.165, 1.54) is 11.3 Å². The number of hydrogen-bond acceptors (Lipinski definition) is 5. The Kier molecular flexibility index (Phi) is 2.43. The third kappa shape index (κ3) is 1.65. The van der Waals surface area contributed by atoms with Crippen LogP contribution in [0.1, 0.15) is 5.69 Å². The molecular weight excluding hydrogens is 272 g/mol. The van der Waals surface area contributed by atoms with Crippen LogP contribution < -0.4 is 0 Å². The molecule has 0 atom stereocenters. The summed E-state index contributed by atoms with van der Waals surface area (Å²) in [5, 5.41) is 5.16. The summed E-state index contributed by atoms with van der Waals surface area (Å²) in [6.07, 6.45) is 1.90. The molecular formula is C14H10N4OS. The van der Waals surface area contributed by atoms with Crippen LogP contribution in [0.15, 0.2) is 40.5 Å². The van der Waals surface area contributed by atoms with E-state index in [0.29, 0.717) is 11.7 Å². The predicted octanol–water partition coefficient (Wildman–Crippen LogP) is 3.65. The molecule has 20 heavy (non-hydrogen) atoms. The van der Waals surface area contributed by atoms with Gasteiger partial charge >= 0.3 is 0 Å². The van der Waals surface area contributed by atoms with Crippen LogP contribution in [-0.4, -0.2) is 20.1 Å². The molecule has 0 aliphatic rings. The van der Waals surface area contributed by atoms with Gasteiger partial charge in [0.05, 0.1) is 11.2 Å². The Morgan fingerprint density at radius 2 is 2.15 bits per heavy atom. The van der Waals surface area contributed by atoms with Gasteiger partial charge in [-0.25, -0.2) is 4.98 Å². The van der Waals surface area contributed by atoms with Crippen LogP contribution >= 0.6 is 11.3 Å². The lowest BCUT2D eigenvalue weighted by molar-refractivity contribution is 0.433. The second kappa shape index (κ2) is 4.28. The van der Waals surface area contributed by atoms with Crippen molar-refractivity contribution in [3.63, 3.8) is 0 Å². The summed E-state index contributed by atoms with van der Waals surface area (Å²) in [6.45, 7) is 1.93. The summed E-state index contributed by atoms with van der Waals surface area (Å²) in [4.78, 5) is 12.8. The Balaban J connectivity index is 1.84. The molecule has 0 aliphatic carbocycles. The fourth-order valence-corrected chi connectivity index (χ4v) is 2.91. The topological polar surface area (TPSA) is 67.6 Å². The highest BCUT2D eigenvalue weighted by Gasteiger charge is 2.16. The Morgan fingerprint density at radius 3 is 3.00 bits per heavy atom. The minimum atomic E-state index is 0.519. The highest BCUT2D eigenvalue weighted by atomic mass is 32.1. The number of nitrogens with one attached hydrogen (secondary N) is 1. The first-order valence-corrected chi connectivity index (χ1v) is 7.01. The number of hydrogen-bond donors (Lipinski definition) is 1. The van der Waals surface area contributed by atoms with Crippen molar-refractivity contribution in [3.05, 3.63) is 41.7 Å². The number of aryl methyl sites for hydroxylation is 1. The van der Waals surface area contributed by atoms with E-state index in [4.69, 9.17) is 4.52 Å². The molecule has 98 valence electrons. The molecule has 3 heterocycles. The van der Waals surface area contributed by atoms with Crippen LogP contribution in [0, 0.1) is 6.92 Å². The largest absolute Gasteiger partial charge is 0.360 e. The molecule has 0 unspecified atom stereocenters. The van der Waals surface area contributed by atoms with Crippen LogP contribution in [0.2, 0.25) is 0 Å². The van der Waals surface area contributed by atoms with E-state index < -0.39 is 0 Å². The van der Waals surface area contributed by atoms with Crippen molar-refractivity contribution in [2.75, 3.05) is 0 Å². The lowest BCUT2D eigenvalue weighted by Crippen LogP contribution is -1.80. The van der Waals surface area contributed by atoms with Gasteiger partial charge in [-0.1, -0.05) is 23.4 Å². The Labute approximate surface area is 118 Å². The predicted molar refractivity (Wildman–Crippen MR) is 77.4 cm³/mol. The molecule has 4 aromatic rings. The normalized spacial score (nSPS) is 11.2. The fourth-order valence-electron chi connectivity index (χ4n) is 2.19. The molecule has 4 rings (SSSR count). The van der Waals surface area contributed by atoms with Gasteiger partial charge in [0.1, 0.15) is 4.88 Å². The highest BCUT2D eigenvalue weighted by molar-refractivity contribution is 7.13. The molecule has 0 amide bonds. The summed E-state index contributed by atoms with van der Waals surface area (Å²) in [5.41, 5.74) is 4.69. The maximum Gasteiger partial charge on any atom is 0.270 e. The van der Waals surface area contributed by atoms with Gasteiger partial charge in [-0.05, 0) is 13.0 Å². The SMILES string of the molecule is Cc1ncsc1-c1nc(-c2c[nH]c3ccccc23)no1. The molecule has 6 heteroatoms. The van der Waals surface area contributed by atoms with Crippen molar-refractivity contribution in [1.82, 2.24) is 20.1 Å². The summed E-state index contributed by atoms with van der Waals surface area (Å²) in [6, 6.07) is 8.04. The summed E-state index contributed by atoms with van der Waals surface area (Å²) in [7, 11) is 0. The molecule has 0 saturated heterocycles. The van der Waals surface area contributed by atoms with Crippen molar-refractivity contribution >= 4 is 22.2 Å². The number of thiazole rings is 1. The number of H-pyrrole nitrogens is 1. The van der Waals surface area contributed by atoms with E-state index in [0.717, 1.165) is 27.0 Å². The van der Waals surface area contributed by atoms with Gasteiger partial charge in [0.25, 0.3) is 5.89 Å². The molecule has 0 bridgehead atoms. The standard InChI is InChI=1S/C14H10N4OS/c1-8-12(20-7-16-8)14-17-13(18-19-14)10-6-15-11-5-3-2-4-9(10)11/h2-7,15H,1H3. The quantitative estimate of drug-likeness (QED) is 0.609. The summed E-state index contributed by atoms with van der Waals surface area (Å²) in [5.74, 6) is 1.11. The van der Waals surface area contributed by atoms with Crippen LogP contribution in [0.4, 0.5) is 0 Å². The van der Waals surface area contributed by atoms with E-state index in [2.05, 4.69) is 20.1 Å². The second-order valence-corrected chi connectivity index (χ2v) is 5.29. The number of para-hydroxylation sites is 1. The van der Waals surface area contributed by atoms with Crippen molar-refractivity contribution in [2.45, 2.75) is 6.92 Å². The maximum atomic E-state index is 5.36.